The molecular formula is C21H15ClN2O2. The molecule has 1 amide bonds. The number of amides is 1. The van der Waals surface area contributed by atoms with Crippen LogP contribution in [0.15, 0.2) is 48.5 Å². The molecule has 0 heterocycles. The summed E-state index contributed by atoms with van der Waals surface area (Å²) in [6.45, 7) is 0. The van der Waals surface area contributed by atoms with Crippen molar-refractivity contribution >= 4 is 29.0 Å². The van der Waals surface area contributed by atoms with Gasteiger partial charge in [-0.1, -0.05) is 23.4 Å². The van der Waals surface area contributed by atoms with Crippen LogP contribution in [0, 0.1) is 35.0 Å². The predicted octanol–water partition coefficient (Wildman–Crippen LogP) is 3.80. The Balaban J connectivity index is 1.64. The highest BCUT2D eigenvalue weighted by molar-refractivity contribution is 6.30. The van der Waals surface area contributed by atoms with E-state index in [-0.39, 0.29) is 11.7 Å². The van der Waals surface area contributed by atoms with Crippen LogP contribution in [0.2, 0.25) is 5.02 Å². The summed E-state index contributed by atoms with van der Waals surface area (Å²) in [5.41, 5.74) is 2.15. The van der Waals surface area contributed by atoms with Crippen LogP contribution in [-0.2, 0) is 9.59 Å². The molecule has 0 saturated heterocycles. The summed E-state index contributed by atoms with van der Waals surface area (Å²) in [6.07, 6.45) is 1.54. The molecule has 1 aliphatic rings. The Bertz CT molecular complexity index is 927. The highest BCUT2D eigenvalue weighted by atomic mass is 35.5. The summed E-state index contributed by atoms with van der Waals surface area (Å²) in [7, 11) is 0. The molecule has 0 radical (unpaired) electrons. The Labute approximate surface area is 156 Å². The molecule has 0 bridgehead atoms. The van der Waals surface area contributed by atoms with Crippen molar-refractivity contribution in [3.05, 3.63) is 64.7 Å². The van der Waals surface area contributed by atoms with Crippen LogP contribution in [0.25, 0.3) is 0 Å². The zero-order chi connectivity index (χ0) is 18.5. The smallest absolute Gasteiger partial charge is 0.249 e. The van der Waals surface area contributed by atoms with Gasteiger partial charge in [-0.25, -0.2) is 0 Å². The number of nitriles is 1. The molecule has 1 unspecified atom stereocenters. The van der Waals surface area contributed by atoms with Gasteiger partial charge in [0.2, 0.25) is 5.91 Å². The van der Waals surface area contributed by atoms with E-state index in [1.54, 1.807) is 42.5 Å². The number of hydrogen-bond acceptors (Lipinski definition) is 3. The standard InChI is InChI=1S/C21H15ClN2O2/c22-17-9-3-14(4-10-17)1-2-15-5-11-18(12-6-15)24-21(26)19(13-23)20(25)16-7-8-16/h3-6,9-12,16,19H,7-8H2,(H,24,26). The molecule has 1 atom stereocenters. The average Bonchev–Trinajstić information content (AvgIpc) is 3.48. The quantitative estimate of drug-likeness (QED) is 0.664. The summed E-state index contributed by atoms with van der Waals surface area (Å²) in [6, 6.07) is 16.0. The van der Waals surface area contributed by atoms with Crippen LogP contribution in [-0.4, -0.2) is 11.7 Å². The van der Waals surface area contributed by atoms with Crippen molar-refractivity contribution in [1.82, 2.24) is 0 Å². The van der Waals surface area contributed by atoms with E-state index < -0.39 is 11.8 Å². The number of rotatable bonds is 4. The minimum absolute atomic E-state index is 0.129. The number of Topliss-reactive ketones (excluding diaryl/α,β-unsaturated/α-hetero) is 1. The highest BCUT2D eigenvalue weighted by Crippen LogP contribution is 2.32. The Morgan fingerprint density at radius 1 is 1.00 bits per heavy atom. The lowest BCUT2D eigenvalue weighted by atomic mass is 10.0. The first-order valence-corrected chi connectivity index (χ1v) is 8.56. The van der Waals surface area contributed by atoms with Gasteiger partial charge in [-0.05, 0) is 61.4 Å². The Kier molecular flexibility index (Phi) is 5.37. The number of halogens is 1. The molecule has 5 heteroatoms. The van der Waals surface area contributed by atoms with E-state index in [9.17, 15) is 9.59 Å². The van der Waals surface area contributed by atoms with Gasteiger partial charge in [-0.3, -0.25) is 9.59 Å². The number of nitrogens with zero attached hydrogens (tertiary/aromatic N) is 1. The number of hydrogen-bond donors (Lipinski definition) is 1. The normalized spacial score (nSPS) is 13.7. The number of ketones is 1. The molecule has 128 valence electrons. The summed E-state index contributed by atoms with van der Waals surface area (Å²) in [5, 5.41) is 12.4. The Morgan fingerprint density at radius 2 is 1.54 bits per heavy atom. The molecule has 3 rings (SSSR count). The van der Waals surface area contributed by atoms with Gasteiger partial charge in [0, 0.05) is 27.8 Å². The molecule has 0 aliphatic heterocycles. The highest BCUT2D eigenvalue weighted by Gasteiger charge is 2.38. The molecular weight excluding hydrogens is 348 g/mol. The SMILES string of the molecule is N#CC(C(=O)Nc1ccc(C#Cc2ccc(Cl)cc2)cc1)C(=O)C1CC1. The van der Waals surface area contributed by atoms with Gasteiger partial charge in [0.1, 0.15) is 0 Å². The van der Waals surface area contributed by atoms with Crippen LogP contribution < -0.4 is 5.32 Å². The molecule has 1 aliphatic carbocycles. The van der Waals surface area contributed by atoms with E-state index in [2.05, 4.69) is 17.2 Å². The lowest BCUT2D eigenvalue weighted by Crippen LogP contribution is -2.29. The van der Waals surface area contributed by atoms with E-state index in [0.29, 0.717) is 10.7 Å². The Hall–Kier alpha value is -3.08. The van der Waals surface area contributed by atoms with E-state index in [1.165, 1.54) is 0 Å². The first-order chi connectivity index (χ1) is 12.6. The Morgan fingerprint density at radius 3 is 2.04 bits per heavy atom. The summed E-state index contributed by atoms with van der Waals surface area (Å²) >= 11 is 5.84. The molecule has 4 nitrogen and oxygen atoms in total. The van der Waals surface area contributed by atoms with Gasteiger partial charge in [0.25, 0.3) is 0 Å². The zero-order valence-electron chi connectivity index (χ0n) is 13.8. The van der Waals surface area contributed by atoms with Crippen molar-refractivity contribution in [2.45, 2.75) is 12.8 Å². The predicted molar refractivity (Wildman–Crippen MR) is 99.3 cm³/mol. The molecule has 1 saturated carbocycles. The zero-order valence-corrected chi connectivity index (χ0v) is 14.6. The second-order valence-electron chi connectivity index (χ2n) is 6.06. The van der Waals surface area contributed by atoms with Gasteiger partial charge >= 0.3 is 0 Å². The third-order valence-corrected chi connectivity index (χ3v) is 4.26. The number of carbonyl (C=O) groups is 2. The first kappa shape index (κ1) is 17.7. The van der Waals surface area contributed by atoms with E-state index >= 15 is 0 Å². The molecule has 1 N–H and O–H groups in total. The van der Waals surface area contributed by atoms with Crippen molar-refractivity contribution in [3.8, 4) is 17.9 Å². The fourth-order valence-corrected chi connectivity index (χ4v) is 2.51. The minimum Gasteiger partial charge on any atom is -0.325 e. The first-order valence-electron chi connectivity index (χ1n) is 8.18. The number of carbonyl (C=O) groups excluding carboxylic acids is 2. The van der Waals surface area contributed by atoms with Crippen molar-refractivity contribution in [3.63, 3.8) is 0 Å². The van der Waals surface area contributed by atoms with Crippen molar-refractivity contribution in [2.24, 2.45) is 11.8 Å². The fraction of sp³-hybridized carbons (Fsp3) is 0.190. The van der Waals surface area contributed by atoms with Crippen LogP contribution in [0.3, 0.4) is 0 Å². The van der Waals surface area contributed by atoms with E-state index in [0.717, 1.165) is 24.0 Å². The maximum absolute atomic E-state index is 12.1. The number of anilines is 1. The topological polar surface area (TPSA) is 70.0 Å². The van der Waals surface area contributed by atoms with Gasteiger partial charge in [-0.2, -0.15) is 5.26 Å². The molecule has 1 fully saturated rings. The lowest BCUT2D eigenvalue weighted by molar-refractivity contribution is -0.129. The number of nitrogens with one attached hydrogen (secondary N) is 1. The van der Waals surface area contributed by atoms with Gasteiger partial charge in [0.15, 0.2) is 11.7 Å². The summed E-state index contributed by atoms with van der Waals surface area (Å²) in [4.78, 5) is 24.1. The third-order valence-electron chi connectivity index (χ3n) is 4.00. The molecule has 2 aromatic carbocycles. The number of benzene rings is 2. The molecule has 0 spiro atoms. The van der Waals surface area contributed by atoms with E-state index in [1.807, 2.05) is 12.1 Å². The second kappa shape index (κ2) is 7.87. The van der Waals surface area contributed by atoms with Crippen molar-refractivity contribution in [1.29, 1.82) is 5.26 Å². The fourth-order valence-electron chi connectivity index (χ4n) is 2.38. The average molecular weight is 363 g/mol. The minimum atomic E-state index is -1.24. The van der Waals surface area contributed by atoms with Gasteiger partial charge in [-0.15, -0.1) is 0 Å². The van der Waals surface area contributed by atoms with Crippen molar-refractivity contribution in [2.75, 3.05) is 5.32 Å². The molecule has 2 aromatic rings. The van der Waals surface area contributed by atoms with Crippen molar-refractivity contribution < 1.29 is 9.59 Å². The van der Waals surface area contributed by atoms with Gasteiger partial charge in [0.05, 0.1) is 6.07 Å². The lowest BCUT2D eigenvalue weighted by Gasteiger charge is -2.09. The molecule has 0 aromatic heterocycles. The van der Waals surface area contributed by atoms with Crippen LogP contribution >= 0.6 is 11.6 Å². The third kappa shape index (κ3) is 4.51. The maximum Gasteiger partial charge on any atom is 0.249 e. The summed E-state index contributed by atoms with van der Waals surface area (Å²) in [5.74, 6) is 3.82. The maximum atomic E-state index is 12.1. The van der Waals surface area contributed by atoms with Crippen LogP contribution in [0.5, 0.6) is 0 Å². The molecule has 26 heavy (non-hydrogen) atoms. The van der Waals surface area contributed by atoms with Gasteiger partial charge < -0.3 is 5.32 Å². The second-order valence-corrected chi connectivity index (χ2v) is 6.50. The van der Waals surface area contributed by atoms with Crippen LogP contribution in [0.1, 0.15) is 24.0 Å². The van der Waals surface area contributed by atoms with Crippen LogP contribution in [0.4, 0.5) is 5.69 Å². The largest absolute Gasteiger partial charge is 0.325 e. The summed E-state index contributed by atoms with van der Waals surface area (Å²) < 4.78 is 0. The van der Waals surface area contributed by atoms with E-state index in [4.69, 9.17) is 16.9 Å². The monoisotopic (exact) mass is 362 g/mol.